The lowest BCUT2D eigenvalue weighted by molar-refractivity contribution is 0.379. The van der Waals surface area contributed by atoms with Gasteiger partial charge in [0.1, 0.15) is 0 Å². The van der Waals surface area contributed by atoms with Gasteiger partial charge in [0, 0.05) is 17.0 Å². The van der Waals surface area contributed by atoms with Crippen molar-refractivity contribution in [3.05, 3.63) is 57.8 Å². The third-order valence-electron chi connectivity index (χ3n) is 3.49. The molecule has 0 amide bonds. The van der Waals surface area contributed by atoms with Gasteiger partial charge in [0.15, 0.2) is 0 Å². The van der Waals surface area contributed by atoms with Gasteiger partial charge in [0.2, 0.25) is 0 Å². The monoisotopic (exact) mass is 273 g/mol. The van der Waals surface area contributed by atoms with Crippen molar-refractivity contribution in [3.8, 4) is 0 Å². The average Bonchev–Trinajstić information content (AvgIpc) is 2.88. The molecule has 0 aliphatic heterocycles. The number of nitrogens with one attached hydrogen (secondary N) is 1. The van der Waals surface area contributed by atoms with E-state index < -0.39 is 0 Å². The summed E-state index contributed by atoms with van der Waals surface area (Å²) in [5, 5.41) is 5.93. The van der Waals surface area contributed by atoms with Gasteiger partial charge in [-0.1, -0.05) is 49.7 Å². The molecule has 1 aromatic heterocycles. The Balaban J connectivity index is 2.14. The summed E-state index contributed by atoms with van der Waals surface area (Å²) in [4.78, 5) is 1.43. The third kappa shape index (κ3) is 3.68. The summed E-state index contributed by atoms with van der Waals surface area (Å²) < 4.78 is 0. The van der Waals surface area contributed by atoms with Crippen molar-refractivity contribution in [2.75, 3.05) is 0 Å². The third-order valence-corrected chi connectivity index (χ3v) is 4.44. The van der Waals surface area contributed by atoms with E-state index in [9.17, 15) is 0 Å². The second-order valence-corrected chi connectivity index (χ2v) is 6.52. The number of benzene rings is 1. The summed E-state index contributed by atoms with van der Waals surface area (Å²) >= 11 is 1.84. The highest BCUT2D eigenvalue weighted by atomic mass is 32.1. The SMILES string of the molecule is Cc1cccc(C(C)NC(c2cccs2)C(C)C)c1. The molecule has 2 rings (SSSR count). The number of hydrogen-bond acceptors (Lipinski definition) is 2. The molecule has 2 atom stereocenters. The van der Waals surface area contributed by atoms with Crippen LogP contribution in [0.3, 0.4) is 0 Å². The first-order valence-electron chi connectivity index (χ1n) is 6.94. The molecule has 19 heavy (non-hydrogen) atoms. The Morgan fingerprint density at radius 2 is 1.84 bits per heavy atom. The summed E-state index contributed by atoms with van der Waals surface area (Å²) in [7, 11) is 0. The fourth-order valence-electron chi connectivity index (χ4n) is 2.38. The van der Waals surface area contributed by atoms with E-state index in [0.29, 0.717) is 18.0 Å². The second-order valence-electron chi connectivity index (χ2n) is 5.54. The number of rotatable bonds is 5. The first-order valence-corrected chi connectivity index (χ1v) is 7.82. The van der Waals surface area contributed by atoms with E-state index in [1.807, 2.05) is 11.3 Å². The van der Waals surface area contributed by atoms with E-state index in [1.165, 1.54) is 16.0 Å². The van der Waals surface area contributed by atoms with Crippen molar-refractivity contribution in [3.63, 3.8) is 0 Å². The summed E-state index contributed by atoms with van der Waals surface area (Å²) in [6.07, 6.45) is 0. The molecule has 0 aliphatic rings. The van der Waals surface area contributed by atoms with Gasteiger partial charge < -0.3 is 5.32 Å². The standard InChI is InChI=1S/C17H23NS/c1-12(2)17(16-9-6-10-19-16)18-14(4)15-8-5-7-13(3)11-15/h5-12,14,17-18H,1-4H3. The van der Waals surface area contributed by atoms with E-state index in [-0.39, 0.29) is 0 Å². The highest BCUT2D eigenvalue weighted by molar-refractivity contribution is 7.10. The molecule has 0 saturated carbocycles. The molecule has 2 aromatic rings. The quantitative estimate of drug-likeness (QED) is 0.798. The lowest BCUT2D eigenvalue weighted by Gasteiger charge is -2.26. The van der Waals surface area contributed by atoms with Gasteiger partial charge in [0.05, 0.1) is 0 Å². The van der Waals surface area contributed by atoms with Crippen LogP contribution in [0.25, 0.3) is 0 Å². The molecule has 0 fully saturated rings. The molecule has 2 unspecified atom stereocenters. The summed E-state index contributed by atoms with van der Waals surface area (Å²) in [5.74, 6) is 0.589. The predicted octanol–water partition coefficient (Wildman–Crippen LogP) is 5.10. The maximum atomic E-state index is 3.77. The molecule has 0 spiro atoms. The first kappa shape index (κ1) is 14.3. The lowest BCUT2D eigenvalue weighted by Crippen LogP contribution is -2.27. The van der Waals surface area contributed by atoms with Crippen LogP contribution in [0.5, 0.6) is 0 Å². The van der Waals surface area contributed by atoms with E-state index in [0.717, 1.165) is 0 Å². The van der Waals surface area contributed by atoms with Crippen LogP contribution in [0.2, 0.25) is 0 Å². The minimum Gasteiger partial charge on any atom is -0.302 e. The zero-order valence-electron chi connectivity index (χ0n) is 12.2. The Kier molecular flexibility index (Phi) is 4.78. The fraction of sp³-hybridized carbons (Fsp3) is 0.412. The van der Waals surface area contributed by atoms with Crippen molar-refractivity contribution in [1.82, 2.24) is 5.32 Å². The van der Waals surface area contributed by atoms with Crippen LogP contribution in [0.4, 0.5) is 0 Å². The topological polar surface area (TPSA) is 12.0 Å². The van der Waals surface area contributed by atoms with Gasteiger partial charge in [-0.15, -0.1) is 11.3 Å². The van der Waals surface area contributed by atoms with E-state index >= 15 is 0 Å². The van der Waals surface area contributed by atoms with Crippen molar-refractivity contribution in [1.29, 1.82) is 0 Å². The van der Waals surface area contributed by atoms with E-state index in [4.69, 9.17) is 0 Å². The van der Waals surface area contributed by atoms with Crippen molar-refractivity contribution < 1.29 is 0 Å². The molecule has 1 aromatic carbocycles. The molecule has 0 radical (unpaired) electrons. The van der Waals surface area contributed by atoms with Gasteiger partial charge >= 0.3 is 0 Å². The first-order chi connectivity index (χ1) is 9.08. The van der Waals surface area contributed by atoms with Crippen LogP contribution in [0, 0.1) is 12.8 Å². The molecule has 0 saturated heterocycles. The predicted molar refractivity (Wildman–Crippen MR) is 84.6 cm³/mol. The van der Waals surface area contributed by atoms with Crippen LogP contribution in [0.15, 0.2) is 41.8 Å². The molecule has 102 valence electrons. The molecule has 2 heteroatoms. The van der Waals surface area contributed by atoms with Crippen molar-refractivity contribution >= 4 is 11.3 Å². The van der Waals surface area contributed by atoms with E-state index in [2.05, 4.69) is 74.8 Å². The summed E-state index contributed by atoms with van der Waals surface area (Å²) in [6.45, 7) is 8.95. The van der Waals surface area contributed by atoms with Gasteiger partial charge in [-0.25, -0.2) is 0 Å². The minimum absolute atomic E-state index is 0.370. The number of thiophene rings is 1. The van der Waals surface area contributed by atoms with Crippen LogP contribution in [-0.2, 0) is 0 Å². The van der Waals surface area contributed by atoms with Gasteiger partial charge in [0.25, 0.3) is 0 Å². The molecule has 1 heterocycles. The molecular formula is C17H23NS. The van der Waals surface area contributed by atoms with Crippen molar-refractivity contribution in [2.45, 2.75) is 39.8 Å². The fourth-order valence-corrected chi connectivity index (χ4v) is 3.33. The summed E-state index contributed by atoms with van der Waals surface area (Å²) in [5.41, 5.74) is 2.69. The smallest absolute Gasteiger partial charge is 0.0442 e. The molecule has 0 bridgehead atoms. The lowest BCUT2D eigenvalue weighted by atomic mass is 9.99. The van der Waals surface area contributed by atoms with Crippen LogP contribution in [-0.4, -0.2) is 0 Å². The van der Waals surface area contributed by atoms with Crippen LogP contribution >= 0.6 is 11.3 Å². The Labute approximate surface area is 120 Å². The number of aryl methyl sites for hydroxylation is 1. The Hall–Kier alpha value is -1.12. The van der Waals surface area contributed by atoms with Crippen LogP contribution < -0.4 is 5.32 Å². The van der Waals surface area contributed by atoms with Gasteiger partial charge in [-0.05, 0) is 36.8 Å². The average molecular weight is 273 g/mol. The van der Waals surface area contributed by atoms with E-state index in [1.54, 1.807) is 0 Å². The van der Waals surface area contributed by atoms with Crippen LogP contribution in [0.1, 0.15) is 48.9 Å². The zero-order chi connectivity index (χ0) is 13.8. The highest BCUT2D eigenvalue weighted by Gasteiger charge is 2.19. The minimum atomic E-state index is 0.370. The van der Waals surface area contributed by atoms with Gasteiger partial charge in [-0.3, -0.25) is 0 Å². The Morgan fingerprint density at radius 3 is 2.42 bits per heavy atom. The zero-order valence-corrected chi connectivity index (χ0v) is 13.0. The highest BCUT2D eigenvalue weighted by Crippen LogP contribution is 2.28. The molecule has 1 N–H and O–H groups in total. The molecule has 1 nitrogen and oxygen atoms in total. The second kappa shape index (κ2) is 6.36. The Morgan fingerprint density at radius 1 is 1.05 bits per heavy atom. The normalized spacial score (nSPS) is 14.6. The largest absolute Gasteiger partial charge is 0.302 e. The molecular weight excluding hydrogens is 250 g/mol. The number of hydrogen-bond donors (Lipinski definition) is 1. The van der Waals surface area contributed by atoms with Gasteiger partial charge in [-0.2, -0.15) is 0 Å². The maximum absolute atomic E-state index is 3.77. The maximum Gasteiger partial charge on any atom is 0.0442 e. The van der Waals surface area contributed by atoms with Crippen molar-refractivity contribution in [2.24, 2.45) is 5.92 Å². The summed E-state index contributed by atoms with van der Waals surface area (Å²) in [6, 6.07) is 13.9. The molecule has 0 aliphatic carbocycles. The Bertz CT molecular complexity index is 502.